The third-order valence-electron chi connectivity index (χ3n) is 5.04. The topological polar surface area (TPSA) is 121 Å². The van der Waals surface area contributed by atoms with Crippen LogP contribution in [-0.4, -0.2) is 40.5 Å². The first kappa shape index (κ1) is 20.0. The van der Waals surface area contributed by atoms with Gasteiger partial charge in [0.05, 0.1) is 6.54 Å². The minimum absolute atomic E-state index is 0.0129. The molecule has 0 aromatic heterocycles. The zero-order valence-corrected chi connectivity index (χ0v) is 16.7. The van der Waals surface area contributed by atoms with Gasteiger partial charge in [-0.3, -0.25) is 9.69 Å². The molecule has 2 aromatic carbocycles. The van der Waals surface area contributed by atoms with Crippen LogP contribution in [0.3, 0.4) is 0 Å². The maximum atomic E-state index is 13.3. The van der Waals surface area contributed by atoms with Gasteiger partial charge in [-0.15, -0.1) is 11.8 Å². The quantitative estimate of drug-likeness (QED) is 0.252. The van der Waals surface area contributed by atoms with Crippen molar-refractivity contribution in [1.29, 1.82) is 0 Å². The summed E-state index contributed by atoms with van der Waals surface area (Å²) in [5, 5.41) is 3.27. The van der Waals surface area contributed by atoms with E-state index < -0.39 is 18.1 Å². The van der Waals surface area contributed by atoms with Gasteiger partial charge in [0.25, 0.3) is 0 Å². The number of ether oxygens (including phenoxy) is 1. The Kier molecular flexibility index (Phi) is 5.76. The van der Waals surface area contributed by atoms with Crippen LogP contribution in [0.4, 0.5) is 0 Å². The summed E-state index contributed by atoms with van der Waals surface area (Å²) in [6.45, 7) is -0.0129. The third kappa shape index (κ3) is 3.66. The van der Waals surface area contributed by atoms with Gasteiger partial charge in [0, 0.05) is 10.7 Å². The lowest BCUT2D eigenvalue weighted by Gasteiger charge is -2.48. The Morgan fingerprint density at radius 3 is 2.37 bits per heavy atom. The van der Waals surface area contributed by atoms with Gasteiger partial charge in [0.2, 0.25) is 5.91 Å². The zero-order valence-electron chi connectivity index (χ0n) is 15.9. The molecule has 1 saturated heterocycles. The minimum atomic E-state index is -0.655. The number of nitrogens with two attached hydrogens (primary N) is 1. The largest absolute Gasteiger partial charge is 0.448 e. The average Bonchev–Trinajstić information content (AvgIpc) is 2.81. The number of benzene rings is 2. The van der Waals surface area contributed by atoms with Crippen molar-refractivity contribution in [2.75, 3.05) is 12.3 Å². The molecule has 1 amide bonds. The first-order valence-electron chi connectivity index (χ1n) is 9.36. The summed E-state index contributed by atoms with van der Waals surface area (Å²) in [6.07, 6.45) is -0.647. The molecule has 2 heterocycles. The van der Waals surface area contributed by atoms with Crippen LogP contribution < -0.4 is 5.73 Å². The van der Waals surface area contributed by atoms with E-state index in [9.17, 15) is 9.59 Å². The number of esters is 1. The van der Waals surface area contributed by atoms with Gasteiger partial charge in [-0.05, 0) is 22.2 Å². The van der Waals surface area contributed by atoms with E-state index in [1.54, 1.807) is 0 Å². The SMILES string of the molecule is [N-]=[N+]=NCC1=C(C(=O)OC(c2ccccc2)c2ccccc2)N2C(=O)[C@@H](N)[C@H]2SC1. The van der Waals surface area contributed by atoms with Crippen LogP contribution in [0.1, 0.15) is 17.2 Å². The fourth-order valence-electron chi connectivity index (χ4n) is 3.55. The molecule has 2 aliphatic rings. The van der Waals surface area contributed by atoms with Crippen molar-refractivity contribution < 1.29 is 14.3 Å². The van der Waals surface area contributed by atoms with Gasteiger partial charge in [0.1, 0.15) is 17.1 Å². The van der Waals surface area contributed by atoms with E-state index in [0.29, 0.717) is 11.3 Å². The van der Waals surface area contributed by atoms with Crippen LogP contribution >= 0.6 is 11.8 Å². The number of rotatable bonds is 6. The Morgan fingerprint density at radius 1 is 1.20 bits per heavy atom. The van der Waals surface area contributed by atoms with Crippen LogP contribution in [-0.2, 0) is 14.3 Å². The highest BCUT2D eigenvalue weighted by Gasteiger charge is 2.52. The average molecular weight is 421 g/mol. The molecule has 0 unspecified atom stereocenters. The van der Waals surface area contributed by atoms with Gasteiger partial charge in [-0.1, -0.05) is 65.8 Å². The molecule has 4 rings (SSSR count). The molecule has 0 saturated carbocycles. The van der Waals surface area contributed by atoms with E-state index in [4.69, 9.17) is 16.0 Å². The molecule has 0 spiro atoms. The van der Waals surface area contributed by atoms with E-state index >= 15 is 0 Å². The second-order valence-corrected chi connectivity index (χ2v) is 7.99. The van der Waals surface area contributed by atoms with E-state index in [2.05, 4.69) is 10.0 Å². The van der Waals surface area contributed by atoms with Crippen molar-refractivity contribution in [1.82, 2.24) is 4.90 Å². The Balaban J connectivity index is 1.70. The number of hydrogen-bond donors (Lipinski definition) is 1. The van der Waals surface area contributed by atoms with E-state index in [1.807, 2.05) is 60.7 Å². The molecule has 0 aliphatic carbocycles. The molecule has 9 heteroatoms. The molecule has 8 nitrogen and oxygen atoms in total. The Bertz CT molecular complexity index is 998. The molecule has 2 aliphatic heterocycles. The predicted octanol–water partition coefficient (Wildman–Crippen LogP) is 3.13. The Labute approximate surface area is 177 Å². The Morgan fingerprint density at radius 2 is 1.80 bits per heavy atom. The third-order valence-corrected chi connectivity index (χ3v) is 6.40. The predicted molar refractivity (Wildman–Crippen MR) is 113 cm³/mol. The summed E-state index contributed by atoms with van der Waals surface area (Å²) in [5.41, 5.74) is 16.9. The smallest absolute Gasteiger partial charge is 0.356 e. The first-order chi connectivity index (χ1) is 14.6. The van der Waals surface area contributed by atoms with Crippen molar-refractivity contribution in [3.8, 4) is 0 Å². The first-order valence-corrected chi connectivity index (χ1v) is 10.4. The molecule has 30 heavy (non-hydrogen) atoms. The van der Waals surface area contributed by atoms with Crippen LogP contribution in [0.5, 0.6) is 0 Å². The van der Waals surface area contributed by atoms with Crippen molar-refractivity contribution in [3.05, 3.63) is 93.5 Å². The van der Waals surface area contributed by atoms with E-state index in [0.717, 1.165) is 11.1 Å². The number of carbonyl (C=O) groups excluding carboxylic acids is 2. The van der Waals surface area contributed by atoms with Gasteiger partial charge in [-0.25, -0.2) is 4.79 Å². The molecule has 2 N–H and O–H groups in total. The maximum absolute atomic E-state index is 13.3. The van der Waals surface area contributed by atoms with Crippen molar-refractivity contribution in [3.63, 3.8) is 0 Å². The summed E-state index contributed by atoms with van der Waals surface area (Å²) in [7, 11) is 0. The summed E-state index contributed by atoms with van der Waals surface area (Å²) < 4.78 is 5.93. The van der Waals surface area contributed by atoms with Crippen LogP contribution in [0.15, 0.2) is 77.0 Å². The van der Waals surface area contributed by atoms with Gasteiger partial charge >= 0.3 is 5.97 Å². The van der Waals surface area contributed by atoms with Crippen molar-refractivity contribution >= 4 is 23.6 Å². The molecule has 1 fully saturated rings. The number of thioether (sulfide) groups is 1. The van der Waals surface area contributed by atoms with E-state index in [1.165, 1.54) is 16.7 Å². The molecular formula is C21H19N5O3S. The summed E-state index contributed by atoms with van der Waals surface area (Å²) in [5.74, 6) is -0.539. The lowest BCUT2D eigenvalue weighted by Crippen LogP contribution is -2.68. The fourth-order valence-corrected chi connectivity index (χ4v) is 4.84. The Hall–Kier alpha value is -3.26. The van der Waals surface area contributed by atoms with Gasteiger partial charge < -0.3 is 10.5 Å². The summed E-state index contributed by atoms with van der Waals surface area (Å²) in [4.78, 5) is 29.9. The number of carbonyl (C=O) groups is 2. The number of nitrogens with zero attached hydrogens (tertiary/aromatic N) is 4. The second-order valence-electron chi connectivity index (χ2n) is 6.88. The van der Waals surface area contributed by atoms with Crippen LogP contribution in [0.25, 0.3) is 10.4 Å². The number of fused-ring (bicyclic) bond motifs is 1. The molecule has 2 atom stereocenters. The lowest BCUT2D eigenvalue weighted by molar-refractivity contribution is -0.153. The monoisotopic (exact) mass is 421 g/mol. The molecular weight excluding hydrogens is 402 g/mol. The maximum Gasteiger partial charge on any atom is 0.356 e. The van der Waals surface area contributed by atoms with Crippen LogP contribution in [0.2, 0.25) is 0 Å². The van der Waals surface area contributed by atoms with Gasteiger partial charge in [-0.2, -0.15) is 0 Å². The highest BCUT2D eigenvalue weighted by molar-refractivity contribution is 8.00. The summed E-state index contributed by atoms with van der Waals surface area (Å²) in [6, 6.07) is 18.1. The highest BCUT2D eigenvalue weighted by Crippen LogP contribution is 2.40. The fraction of sp³-hybridized carbons (Fsp3) is 0.238. The number of hydrogen-bond acceptors (Lipinski definition) is 6. The highest BCUT2D eigenvalue weighted by atomic mass is 32.2. The molecule has 152 valence electrons. The van der Waals surface area contributed by atoms with Crippen molar-refractivity contribution in [2.45, 2.75) is 17.5 Å². The normalized spacial score (nSPS) is 20.3. The van der Waals surface area contributed by atoms with Crippen LogP contribution in [0, 0.1) is 0 Å². The second kappa shape index (κ2) is 8.62. The zero-order chi connectivity index (χ0) is 21.1. The number of β-lactam (4-membered cyclic amide) rings is 1. The summed E-state index contributed by atoms with van der Waals surface area (Å²) >= 11 is 1.45. The molecule has 0 radical (unpaired) electrons. The molecule has 2 aromatic rings. The van der Waals surface area contributed by atoms with E-state index in [-0.39, 0.29) is 23.5 Å². The van der Waals surface area contributed by atoms with Gasteiger partial charge in [0.15, 0.2) is 6.10 Å². The lowest BCUT2D eigenvalue weighted by atomic mass is 10.0. The number of azide groups is 1. The number of amides is 1. The molecule has 0 bridgehead atoms. The minimum Gasteiger partial charge on any atom is -0.448 e. The van der Waals surface area contributed by atoms with Crippen molar-refractivity contribution in [2.24, 2.45) is 10.8 Å². The standard InChI is InChI=1S/C21H19N5O3S/c22-16-19(27)26-17(15(11-24-25-23)12-30-20(16)26)21(28)29-18(13-7-3-1-4-8-13)14-9-5-2-6-10-14/h1-10,16,18,20H,11-12,22H2/t16-,20-/m1/s1.